The predicted molar refractivity (Wildman–Crippen MR) is 53.6 cm³/mol. The first-order valence-corrected chi connectivity index (χ1v) is 4.45. The number of ketones is 1. The van der Waals surface area contributed by atoms with Crippen molar-refractivity contribution in [3.63, 3.8) is 0 Å². The summed E-state index contributed by atoms with van der Waals surface area (Å²) in [7, 11) is 0. The van der Waals surface area contributed by atoms with Crippen molar-refractivity contribution in [3.05, 3.63) is 33.4 Å². The molecular formula is C9H6IO2. The van der Waals surface area contributed by atoms with Gasteiger partial charge in [0.25, 0.3) is 6.29 Å². The van der Waals surface area contributed by atoms with Gasteiger partial charge in [-0.15, -0.1) is 0 Å². The highest BCUT2D eigenvalue weighted by atomic mass is 127. The van der Waals surface area contributed by atoms with Gasteiger partial charge in [-0.3, -0.25) is 9.59 Å². The molecule has 3 heteroatoms. The normalized spacial score (nSPS) is 9.42. The van der Waals surface area contributed by atoms with Crippen LogP contribution in [0.15, 0.2) is 24.3 Å². The van der Waals surface area contributed by atoms with E-state index in [2.05, 4.69) is 22.6 Å². The minimum absolute atomic E-state index is 0.153. The first-order valence-electron chi connectivity index (χ1n) is 3.38. The molecule has 0 fully saturated rings. The van der Waals surface area contributed by atoms with Crippen LogP contribution < -0.4 is 0 Å². The molecule has 0 aliphatic rings. The number of carbonyl (C=O) groups excluding carboxylic acids is 2. The lowest BCUT2D eigenvalue weighted by Crippen LogP contribution is -2.02. The Morgan fingerprint density at radius 1 is 1.33 bits per heavy atom. The predicted octanol–water partition coefficient (Wildman–Crippen LogP) is 1.51. The largest absolute Gasteiger partial charge is 0.290 e. The number of benzene rings is 1. The Bertz CT molecular complexity index is 290. The average Bonchev–Trinajstić information content (AvgIpc) is 2.09. The van der Waals surface area contributed by atoms with Crippen molar-refractivity contribution < 1.29 is 9.59 Å². The van der Waals surface area contributed by atoms with E-state index in [1.54, 1.807) is 0 Å². The summed E-state index contributed by atoms with van der Waals surface area (Å²) >= 11 is 2.18. The van der Waals surface area contributed by atoms with Crippen LogP contribution in [-0.4, -0.2) is 12.1 Å². The van der Waals surface area contributed by atoms with Crippen molar-refractivity contribution in [1.29, 1.82) is 0 Å². The van der Waals surface area contributed by atoms with Crippen LogP contribution in [0.25, 0.3) is 0 Å². The van der Waals surface area contributed by atoms with Gasteiger partial charge in [0.05, 0.1) is 0 Å². The highest BCUT2D eigenvalue weighted by Crippen LogP contribution is 2.06. The number of hydrogen-bond acceptors (Lipinski definition) is 2. The molecule has 0 amide bonds. The molecule has 12 heavy (non-hydrogen) atoms. The van der Waals surface area contributed by atoms with Crippen LogP contribution in [-0.2, 0) is 16.0 Å². The van der Waals surface area contributed by atoms with Crippen LogP contribution >= 0.6 is 22.6 Å². The van der Waals surface area contributed by atoms with Crippen molar-refractivity contribution in [2.45, 2.75) is 6.42 Å². The Morgan fingerprint density at radius 2 is 1.92 bits per heavy atom. The van der Waals surface area contributed by atoms with E-state index >= 15 is 0 Å². The summed E-state index contributed by atoms with van der Waals surface area (Å²) in [5.74, 6) is -0.504. The Kier molecular flexibility index (Phi) is 3.40. The van der Waals surface area contributed by atoms with Gasteiger partial charge in [-0.1, -0.05) is 12.1 Å². The van der Waals surface area contributed by atoms with E-state index in [1.165, 1.54) is 6.29 Å². The van der Waals surface area contributed by atoms with Gasteiger partial charge >= 0.3 is 0 Å². The lowest BCUT2D eigenvalue weighted by atomic mass is 10.1. The Hall–Kier alpha value is -0.710. The molecular weight excluding hydrogens is 267 g/mol. The summed E-state index contributed by atoms with van der Waals surface area (Å²) in [6, 6.07) is 7.45. The van der Waals surface area contributed by atoms with E-state index < -0.39 is 5.78 Å². The van der Waals surface area contributed by atoms with Crippen LogP contribution in [0.1, 0.15) is 5.56 Å². The fourth-order valence-electron chi connectivity index (χ4n) is 0.824. The fourth-order valence-corrected chi connectivity index (χ4v) is 1.18. The summed E-state index contributed by atoms with van der Waals surface area (Å²) in [5.41, 5.74) is 0.851. The molecule has 61 valence electrons. The lowest BCUT2D eigenvalue weighted by Gasteiger charge is -1.95. The number of halogens is 1. The summed E-state index contributed by atoms with van der Waals surface area (Å²) < 4.78 is 1.11. The minimum atomic E-state index is -0.504. The Labute approximate surface area is 84.1 Å². The van der Waals surface area contributed by atoms with Crippen molar-refractivity contribution >= 4 is 34.7 Å². The van der Waals surface area contributed by atoms with Crippen LogP contribution in [0.3, 0.4) is 0 Å². The molecule has 0 bridgehead atoms. The third-order valence-corrected chi connectivity index (χ3v) is 2.11. The number of Topliss-reactive ketones (excluding diaryl/α,β-unsaturated/α-hetero) is 1. The Morgan fingerprint density at radius 3 is 2.42 bits per heavy atom. The van der Waals surface area contributed by atoms with E-state index in [-0.39, 0.29) is 6.42 Å². The van der Waals surface area contributed by atoms with Gasteiger partial charge in [0.2, 0.25) is 5.78 Å². The second-order valence-corrected chi connectivity index (χ2v) is 3.57. The van der Waals surface area contributed by atoms with Crippen LogP contribution in [0, 0.1) is 3.57 Å². The van der Waals surface area contributed by atoms with Gasteiger partial charge in [-0.05, 0) is 40.3 Å². The molecule has 1 aromatic rings. The Balaban J connectivity index is 2.71. The molecule has 0 unspecified atom stereocenters. The van der Waals surface area contributed by atoms with Gasteiger partial charge in [-0.2, -0.15) is 0 Å². The van der Waals surface area contributed by atoms with Gasteiger partial charge in [0.1, 0.15) is 0 Å². The average molecular weight is 273 g/mol. The van der Waals surface area contributed by atoms with Gasteiger partial charge < -0.3 is 0 Å². The molecule has 0 atom stereocenters. The zero-order valence-electron chi connectivity index (χ0n) is 6.21. The van der Waals surface area contributed by atoms with E-state index in [9.17, 15) is 9.59 Å². The second-order valence-electron chi connectivity index (χ2n) is 2.33. The van der Waals surface area contributed by atoms with E-state index in [1.807, 2.05) is 24.3 Å². The summed E-state index contributed by atoms with van der Waals surface area (Å²) in [6.45, 7) is 0. The van der Waals surface area contributed by atoms with Crippen LogP contribution in [0.5, 0.6) is 0 Å². The van der Waals surface area contributed by atoms with Crippen LogP contribution in [0.2, 0.25) is 0 Å². The zero-order valence-corrected chi connectivity index (χ0v) is 8.37. The first-order chi connectivity index (χ1) is 5.72. The minimum Gasteiger partial charge on any atom is -0.290 e. The first kappa shape index (κ1) is 9.38. The highest BCUT2D eigenvalue weighted by Gasteiger charge is 2.01. The molecule has 1 radical (unpaired) electrons. The second kappa shape index (κ2) is 4.35. The van der Waals surface area contributed by atoms with Gasteiger partial charge in [-0.25, -0.2) is 0 Å². The molecule has 1 rings (SSSR count). The van der Waals surface area contributed by atoms with Crippen molar-refractivity contribution in [2.75, 3.05) is 0 Å². The summed E-state index contributed by atoms with van der Waals surface area (Å²) in [5, 5.41) is 0. The maximum absolute atomic E-state index is 10.6. The number of rotatable bonds is 3. The SMILES string of the molecule is O=[C]C(=O)Cc1ccc(I)cc1. The lowest BCUT2D eigenvalue weighted by molar-refractivity contribution is -0.112. The smallest absolute Gasteiger partial charge is 0.272 e. The molecule has 0 aliphatic heterocycles. The van der Waals surface area contributed by atoms with Crippen LogP contribution in [0.4, 0.5) is 0 Å². The zero-order chi connectivity index (χ0) is 8.97. The topological polar surface area (TPSA) is 34.1 Å². The quantitative estimate of drug-likeness (QED) is 0.618. The maximum Gasteiger partial charge on any atom is 0.272 e. The standard InChI is InChI=1S/C9H6IO2/c10-8-3-1-7(2-4-8)5-9(12)6-11/h1-4H,5H2. The molecule has 0 N–H and O–H groups in total. The molecule has 0 saturated carbocycles. The van der Waals surface area contributed by atoms with E-state index in [0.717, 1.165) is 9.13 Å². The monoisotopic (exact) mass is 273 g/mol. The molecule has 0 saturated heterocycles. The molecule has 0 aromatic heterocycles. The third-order valence-electron chi connectivity index (χ3n) is 1.39. The summed E-state index contributed by atoms with van der Waals surface area (Å²) in [6.07, 6.45) is 1.49. The van der Waals surface area contributed by atoms with E-state index in [0.29, 0.717) is 0 Å². The van der Waals surface area contributed by atoms with Crippen molar-refractivity contribution in [2.24, 2.45) is 0 Å². The van der Waals surface area contributed by atoms with Gasteiger partial charge in [0, 0.05) is 9.99 Å². The maximum atomic E-state index is 10.6. The van der Waals surface area contributed by atoms with Gasteiger partial charge in [0.15, 0.2) is 0 Å². The molecule has 0 heterocycles. The molecule has 2 nitrogen and oxygen atoms in total. The summed E-state index contributed by atoms with van der Waals surface area (Å²) in [4.78, 5) is 20.5. The molecule has 0 spiro atoms. The van der Waals surface area contributed by atoms with E-state index in [4.69, 9.17) is 0 Å². The molecule has 1 aromatic carbocycles. The highest BCUT2D eigenvalue weighted by molar-refractivity contribution is 14.1. The fraction of sp³-hybridized carbons (Fsp3) is 0.111. The molecule has 0 aliphatic carbocycles. The third kappa shape index (κ3) is 2.73. The van der Waals surface area contributed by atoms with Crippen molar-refractivity contribution in [1.82, 2.24) is 0 Å². The number of hydrogen-bond donors (Lipinski definition) is 0. The number of carbonyl (C=O) groups is 1. The van der Waals surface area contributed by atoms with Crippen molar-refractivity contribution in [3.8, 4) is 0 Å².